The molecule has 30 heavy (non-hydrogen) atoms. The summed E-state index contributed by atoms with van der Waals surface area (Å²) in [6.45, 7) is 5.98. The molecule has 3 rings (SSSR count). The number of carbonyl (C=O) groups is 1. The van der Waals surface area contributed by atoms with E-state index in [1.807, 2.05) is 6.92 Å². The van der Waals surface area contributed by atoms with Gasteiger partial charge in [0.05, 0.1) is 22.6 Å². The minimum Gasteiger partial charge on any atom is -0.493 e. The molecular formula is C21H17ClN2O6. The number of esters is 1. The molecule has 0 amide bonds. The lowest BCUT2D eigenvalue weighted by Gasteiger charge is -2.11. The lowest BCUT2D eigenvalue weighted by atomic mass is 10.1. The number of nitrogens with zero attached hydrogens (tertiary/aromatic N) is 2. The van der Waals surface area contributed by atoms with Crippen LogP contribution in [-0.2, 0) is 9.53 Å². The van der Waals surface area contributed by atoms with Gasteiger partial charge in [-0.15, -0.1) is 0 Å². The minimum absolute atomic E-state index is 0.0187. The van der Waals surface area contributed by atoms with Crippen LogP contribution in [-0.4, -0.2) is 30.5 Å². The largest absolute Gasteiger partial charge is 0.493 e. The van der Waals surface area contributed by atoms with E-state index in [1.165, 1.54) is 31.4 Å². The van der Waals surface area contributed by atoms with Crippen molar-refractivity contribution in [2.24, 2.45) is 4.99 Å². The second-order valence-corrected chi connectivity index (χ2v) is 6.82. The quantitative estimate of drug-likeness (QED) is 0.211. The van der Waals surface area contributed by atoms with E-state index in [9.17, 15) is 14.9 Å². The van der Waals surface area contributed by atoms with Crippen molar-refractivity contribution in [2.75, 3.05) is 13.7 Å². The van der Waals surface area contributed by atoms with Gasteiger partial charge in [-0.2, -0.15) is 0 Å². The van der Waals surface area contributed by atoms with E-state index in [0.717, 1.165) is 5.57 Å². The normalized spacial score (nSPS) is 14.3. The van der Waals surface area contributed by atoms with Crippen LogP contribution in [0.4, 0.5) is 5.69 Å². The zero-order valence-electron chi connectivity index (χ0n) is 16.2. The summed E-state index contributed by atoms with van der Waals surface area (Å²) in [5.74, 6) is 0.203. The fraction of sp³-hybridized carbons (Fsp3) is 0.143. The highest BCUT2D eigenvalue weighted by Gasteiger charge is 2.27. The molecule has 0 saturated carbocycles. The maximum absolute atomic E-state index is 12.2. The summed E-state index contributed by atoms with van der Waals surface area (Å²) in [5.41, 5.74) is 1.46. The Labute approximate surface area is 177 Å². The number of methoxy groups -OCH3 is 1. The van der Waals surface area contributed by atoms with Crippen molar-refractivity contribution >= 4 is 35.2 Å². The molecule has 0 radical (unpaired) electrons. The summed E-state index contributed by atoms with van der Waals surface area (Å²) in [6.07, 6.45) is 1.51. The Morgan fingerprint density at radius 3 is 2.73 bits per heavy atom. The molecule has 8 nitrogen and oxygen atoms in total. The molecule has 0 unspecified atom stereocenters. The van der Waals surface area contributed by atoms with Crippen LogP contribution in [0.5, 0.6) is 11.5 Å². The molecule has 0 saturated heterocycles. The van der Waals surface area contributed by atoms with Crippen LogP contribution in [0.25, 0.3) is 6.08 Å². The zero-order chi connectivity index (χ0) is 21.8. The number of cyclic esters (lactones) is 1. The van der Waals surface area contributed by atoms with Gasteiger partial charge in [0.2, 0.25) is 5.90 Å². The monoisotopic (exact) mass is 428 g/mol. The average molecular weight is 429 g/mol. The number of ether oxygens (including phenoxy) is 3. The Morgan fingerprint density at radius 2 is 2.07 bits per heavy atom. The molecular weight excluding hydrogens is 412 g/mol. The van der Waals surface area contributed by atoms with Crippen molar-refractivity contribution in [3.05, 3.63) is 80.5 Å². The van der Waals surface area contributed by atoms with Crippen LogP contribution < -0.4 is 9.47 Å². The van der Waals surface area contributed by atoms with Crippen LogP contribution in [0.2, 0.25) is 5.02 Å². The van der Waals surface area contributed by atoms with Crippen LogP contribution in [0.15, 0.2) is 59.2 Å². The molecule has 0 fully saturated rings. The van der Waals surface area contributed by atoms with Crippen LogP contribution in [0, 0.1) is 10.1 Å². The van der Waals surface area contributed by atoms with E-state index in [-0.39, 0.29) is 27.9 Å². The van der Waals surface area contributed by atoms with Gasteiger partial charge in [0.25, 0.3) is 5.69 Å². The predicted octanol–water partition coefficient (Wildman–Crippen LogP) is 4.56. The van der Waals surface area contributed by atoms with E-state index in [4.69, 9.17) is 25.8 Å². The van der Waals surface area contributed by atoms with Gasteiger partial charge >= 0.3 is 5.97 Å². The maximum Gasteiger partial charge on any atom is 0.363 e. The topological polar surface area (TPSA) is 100 Å². The van der Waals surface area contributed by atoms with Crippen molar-refractivity contribution < 1.29 is 23.9 Å². The standard InChI is InChI=1S/C21H17ClN2O6/c1-12(2)11-29-18-7-4-13(9-19(18)28-3)8-17-21(25)30-20(23-17)15-10-14(24(26)27)5-6-16(15)22/h4-10H,1,11H2,2-3H3/b17-8-. The predicted molar refractivity (Wildman–Crippen MR) is 112 cm³/mol. The first-order valence-electron chi connectivity index (χ1n) is 8.70. The van der Waals surface area contributed by atoms with Crippen molar-refractivity contribution in [3.63, 3.8) is 0 Å². The first-order valence-corrected chi connectivity index (χ1v) is 9.08. The van der Waals surface area contributed by atoms with Crippen molar-refractivity contribution in [2.45, 2.75) is 6.92 Å². The van der Waals surface area contributed by atoms with E-state index in [1.54, 1.807) is 18.2 Å². The summed E-state index contributed by atoms with van der Waals surface area (Å²) < 4.78 is 16.1. The molecule has 0 spiro atoms. The summed E-state index contributed by atoms with van der Waals surface area (Å²) in [6, 6.07) is 8.92. The van der Waals surface area contributed by atoms with E-state index >= 15 is 0 Å². The highest BCUT2D eigenvalue weighted by molar-refractivity contribution is 6.34. The number of hydrogen-bond donors (Lipinski definition) is 0. The summed E-state index contributed by atoms with van der Waals surface area (Å²) in [5, 5.41) is 11.2. The highest BCUT2D eigenvalue weighted by Crippen LogP contribution is 2.31. The molecule has 0 aliphatic carbocycles. The molecule has 2 aromatic rings. The van der Waals surface area contributed by atoms with Gasteiger partial charge in [-0.3, -0.25) is 10.1 Å². The number of halogens is 1. The number of carbonyl (C=O) groups excluding carboxylic acids is 1. The van der Waals surface area contributed by atoms with Gasteiger partial charge in [0.1, 0.15) is 6.61 Å². The smallest absolute Gasteiger partial charge is 0.363 e. The number of benzene rings is 2. The Morgan fingerprint density at radius 1 is 1.30 bits per heavy atom. The number of non-ortho nitro benzene ring substituents is 1. The van der Waals surface area contributed by atoms with E-state index < -0.39 is 10.9 Å². The van der Waals surface area contributed by atoms with Gasteiger partial charge in [0.15, 0.2) is 17.2 Å². The Kier molecular flexibility index (Phi) is 6.17. The maximum atomic E-state index is 12.2. The molecule has 0 aromatic heterocycles. The van der Waals surface area contributed by atoms with Gasteiger partial charge in [-0.25, -0.2) is 9.79 Å². The highest BCUT2D eigenvalue weighted by atomic mass is 35.5. The number of hydrogen-bond acceptors (Lipinski definition) is 7. The minimum atomic E-state index is -0.700. The fourth-order valence-electron chi connectivity index (χ4n) is 2.57. The van der Waals surface area contributed by atoms with Crippen molar-refractivity contribution in [1.29, 1.82) is 0 Å². The SMILES string of the molecule is C=C(C)COc1ccc(/C=C2\N=C(c3cc([N+](=O)[O-])ccc3Cl)OC2=O)cc1OC. The van der Waals surface area contributed by atoms with Crippen molar-refractivity contribution in [1.82, 2.24) is 0 Å². The first-order chi connectivity index (χ1) is 14.3. The number of rotatable bonds is 7. The second kappa shape index (κ2) is 8.79. The van der Waals surface area contributed by atoms with Crippen LogP contribution in [0.1, 0.15) is 18.1 Å². The third-order valence-corrected chi connectivity index (χ3v) is 4.31. The lowest BCUT2D eigenvalue weighted by molar-refractivity contribution is -0.384. The van der Waals surface area contributed by atoms with E-state index in [2.05, 4.69) is 11.6 Å². The fourth-order valence-corrected chi connectivity index (χ4v) is 2.77. The van der Waals surface area contributed by atoms with Crippen LogP contribution >= 0.6 is 11.6 Å². The number of nitro benzene ring substituents is 1. The second-order valence-electron chi connectivity index (χ2n) is 6.41. The zero-order valence-corrected chi connectivity index (χ0v) is 16.9. The Hall–Kier alpha value is -3.65. The van der Waals surface area contributed by atoms with Gasteiger partial charge in [-0.05, 0) is 42.3 Å². The molecule has 1 heterocycles. The molecule has 154 valence electrons. The van der Waals surface area contributed by atoms with Gasteiger partial charge in [-0.1, -0.05) is 24.2 Å². The molecule has 0 atom stereocenters. The molecule has 2 aromatic carbocycles. The first kappa shape index (κ1) is 21.1. The summed E-state index contributed by atoms with van der Waals surface area (Å²) in [4.78, 5) is 26.8. The third kappa shape index (κ3) is 4.66. The average Bonchev–Trinajstić information content (AvgIpc) is 3.06. The number of nitro groups is 1. The summed E-state index contributed by atoms with van der Waals surface area (Å²) >= 11 is 6.09. The molecule has 0 N–H and O–H groups in total. The third-order valence-electron chi connectivity index (χ3n) is 3.98. The van der Waals surface area contributed by atoms with Gasteiger partial charge in [0, 0.05) is 12.1 Å². The molecule has 1 aliphatic heterocycles. The molecule has 9 heteroatoms. The molecule has 0 bridgehead atoms. The Balaban J connectivity index is 1.92. The molecule has 1 aliphatic rings. The summed E-state index contributed by atoms with van der Waals surface area (Å²) in [7, 11) is 1.50. The lowest BCUT2D eigenvalue weighted by Crippen LogP contribution is -2.06. The number of aliphatic imine (C=N–C) groups is 1. The van der Waals surface area contributed by atoms with E-state index in [0.29, 0.717) is 23.7 Å². The van der Waals surface area contributed by atoms with Crippen molar-refractivity contribution in [3.8, 4) is 11.5 Å². The Bertz CT molecular complexity index is 1110. The van der Waals surface area contributed by atoms with Crippen LogP contribution in [0.3, 0.4) is 0 Å². The van der Waals surface area contributed by atoms with Gasteiger partial charge < -0.3 is 14.2 Å².